The van der Waals surface area contributed by atoms with Gasteiger partial charge in [0.15, 0.2) is 0 Å². The lowest BCUT2D eigenvalue weighted by Crippen LogP contribution is -2.04. The molecule has 21 heavy (non-hydrogen) atoms. The Bertz CT molecular complexity index is 680. The molecule has 0 saturated heterocycles. The van der Waals surface area contributed by atoms with E-state index in [1.54, 1.807) is 12.1 Å². The molecule has 0 saturated carbocycles. The SMILES string of the molecule is COC(=O)c1ccc(CS(=O)c2ccc(C)cc2C)nc1. The Labute approximate surface area is 126 Å². The van der Waals surface area contributed by atoms with Crippen LogP contribution in [-0.2, 0) is 21.3 Å². The zero-order valence-electron chi connectivity index (χ0n) is 12.3. The molecule has 0 aliphatic carbocycles. The number of carbonyl (C=O) groups is 1. The third kappa shape index (κ3) is 3.76. The molecule has 0 aliphatic heterocycles. The van der Waals surface area contributed by atoms with Gasteiger partial charge in [0.05, 0.1) is 34.9 Å². The Morgan fingerprint density at radius 1 is 1.24 bits per heavy atom. The minimum Gasteiger partial charge on any atom is -0.465 e. The Morgan fingerprint density at radius 2 is 2.00 bits per heavy atom. The molecule has 1 unspecified atom stereocenters. The molecule has 1 aromatic heterocycles. The molecule has 0 amide bonds. The van der Waals surface area contributed by atoms with Crippen molar-refractivity contribution < 1.29 is 13.7 Å². The fraction of sp³-hybridized carbons (Fsp3) is 0.250. The van der Waals surface area contributed by atoms with Gasteiger partial charge in [-0.2, -0.15) is 0 Å². The maximum atomic E-state index is 12.4. The van der Waals surface area contributed by atoms with Gasteiger partial charge in [0.2, 0.25) is 0 Å². The molecule has 0 bridgehead atoms. The Morgan fingerprint density at radius 3 is 2.57 bits per heavy atom. The number of pyridine rings is 1. The maximum absolute atomic E-state index is 12.4. The molecule has 0 aliphatic rings. The van der Waals surface area contributed by atoms with Gasteiger partial charge in [-0.3, -0.25) is 9.19 Å². The first-order valence-electron chi connectivity index (χ1n) is 6.50. The van der Waals surface area contributed by atoms with E-state index in [9.17, 15) is 9.00 Å². The van der Waals surface area contributed by atoms with E-state index in [4.69, 9.17) is 0 Å². The summed E-state index contributed by atoms with van der Waals surface area (Å²) in [5.74, 6) is -0.102. The second-order valence-corrected chi connectivity index (χ2v) is 6.21. The van der Waals surface area contributed by atoms with Crippen molar-refractivity contribution in [2.45, 2.75) is 24.5 Å². The summed E-state index contributed by atoms with van der Waals surface area (Å²) in [5.41, 5.74) is 3.23. The smallest absolute Gasteiger partial charge is 0.339 e. The van der Waals surface area contributed by atoms with Crippen molar-refractivity contribution in [1.82, 2.24) is 4.98 Å². The number of rotatable bonds is 4. The summed E-state index contributed by atoms with van der Waals surface area (Å²) in [6.45, 7) is 3.96. The van der Waals surface area contributed by atoms with Gasteiger partial charge in [-0.25, -0.2) is 4.79 Å². The van der Waals surface area contributed by atoms with Gasteiger partial charge in [-0.1, -0.05) is 17.7 Å². The van der Waals surface area contributed by atoms with Crippen molar-refractivity contribution in [3.8, 4) is 0 Å². The van der Waals surface area contributed by atoms with E-state index in [1.807, 2.05) is 32.0 Å². The second-order valence-electron chi connectivity index (χ2n) is 4.79. The largest absolute Gasteiger partial charge is 0.465 e. The van der Waals surface area contributed by atoms with Gasteiger partial charge in [0, 0.05) is 11.1 Å². The van der Waals surface area contributed by atoms with E-state index in [0.717, 1.165) is 16.0 Å². The lowest BCUT2D eigenvalue weighted by Gasteiger charge is -2.07. The average Bonchev–Trinajstić information content (AvgIpc) is 2.47. The zero-order valence-corrected chi connectivity index (χ0v) is 13.1. The number of hydrogen-bond acceptors (Lipinski definition) is 4. The van der Waals surface area contributed by atoms with Gasteiger partial charge < -0.3 is 4.74 Å². The van der Waals surface area contributed by atoms with Crippen molar-refractivity contribution in [3.05, 3.63) is 58.9 Å². The van der Waals surface area contributed by atoms with E-state index >= 15 is 0 Å². The molecule has 1 aromatic carbocycles. The average molecular weight is 303 g/mol. The predicted molar refractivity (Wildman–Crippen MR) is 81.6 cm³/mol. The molecule has 0 N–H and O–H groups in total. The zero-order chi connectivity index (χ0) is 15.4. The fourth-order valence-electron chi connectivity index (χ4n) is 2.02. The molecule has 1 atom stereocenters. The number of methoxy groups -OCH3 is 1. The lowest BCUT2D eigenvalue weighted by molar-refractivity contribution is 0.0600. The van der Waals surface area contributed by atoms with Crippen LogP contribution < -0.4 is 0 Å². The summed E-state index contributed by atoms with van der Waals surface area (Å²) >= 11 is 0. The van der Waals surface area contributed by atoms with Crippen molar-refractivity contribution in [1.29, 1.82) is 0 Å². The molecule has 2 rings (SSSR count). The fourth-order valence-corrected chi connectivity index (χ4v) is 3.25. The summed E-state index contributed by atoms with van der Waals surface area (Å²) in [5, 5.41) is 0. The van der Waals surface area contributed by atoms with Crippen molar-refractivity contribution >= 4 is 16.8 Å². The van der Waals surface area contributed by atoms with Gasteiger partial charge in [0.25, 0.3) is 0 Å². The van der Waals surface area contributed by atoms with Crippen LogP contribution in [0.4, 0.5) is 0 Å². The number of hydrogen-bond donors (Lipinski definition) is 0. The highest BCUT2D eigenvalue weighted by Gasteiger charge is 2.11. The standard InChI is InChI=1S/C16H17NO3S/c1-11-4-7-15(12(2)8-11)21(19)10-14-6-5-13(9-17-14)16(18)20-3/h4-9H,10H2,1-3H3. The van der Waals surface area contributed by atoms with Crippen molar-refractivity contribution in [2.75, 3.05) is 7.11 Å². The molecule has 2 aromatic rings. The van der Waals surface area contributed by atoms with Crippen molar-refractivity contribution in [2.24, 2.45) is 0 Å². The van der Waals surface area contributed by atoms with Gasteiger partial charge in [-0.05, 0) is 37.6 Å². The van der Waals surface area contributed by atoms with Gasteiger partial charge in [-0.15, -0.1) is 0 Å². The minimum absolute atomic E-state index is 0.325. The summed E-state index contributed by atoms with van der Waals surface area (Å²) in [6.07, 6.45) is 1.44. The quantitative estimate of drug-likeness (QED) is 0.815. The number of ether oxygens (including phenoxy) is 1. The molecule has 5 heteroatoms. The molecule has 0 radical (unpaired) electrons. The van der Waals surface area contributed by atoms with Crippen LogP contribution in [-0.4, -0.2) is 22.3 Å². The summed E-state index contributed by atoms with van der Waals surface area (Å²) in [7, 11) is 0.173. The molecular weight excluding hydrogens is 286 g/mol. The third-order valence-corrected chi connectivity index (χ3v) is 4.61. The number of carbonyl (C=O) groups excluding carboxylic acids is 1. The third-order valence-electron chi connectivity index (χ3n) is 3.10. The maximum Gasteiger partial charge on any atom is 0.339 e. The molecule has 110 valence electrons. The van der Waals surface area contributed by atoms with Crippen LogP contribution in [0.15, 0.2) is 41.4 Å². The van der Waals surface area contributed by atoms with Crippen LogP contribution in [0.5, 0.6) is 0 Å². The Kier molecular flexibility index (Phi) is 4.85. The minimum atomic E-state index is -1.15. The Balaban J connectivity index is 2.14. The number of aromatic nitrogens is 1. The first kappa shape index (κ1) is 15.4. The Hall–Kier alpha value is -2.01. The molecule has 1 heterocycles. The van der Waals surface area contributed by atoms with Crippen LogP contribution in [0.3, 0.4) is 0 Å². The molecular formula is C16H17NO3S. The van der Waals surface area contributed by atoms with Crippen LogP contribution in [0.2, 0.25) is 0 Å². The highest BCUT2D eigenvalue weighted by molar-refractivity contribution is 7.84. The predicted octanol–water partition coefficient (Wildman–Crippen LogP) is 2.79. The van der Waals surface area contributed by atoms with E-state index < -0.39 is 16.8 Å². The number of nitrogens with zero attached hydrogens (tertiary/aromatic N) is 1. The highest BCUT2D eigenvalue weighted by Crippen LogP contribution is 2.17. The lowest BCUT2D eigenvalue weighted by atomic mass is 10.2. The highest BCUT2D eigenvalue weighted by atomic mass is 32.2. The summed E-state index contributed by atoms with van der Waals surface area (Å²) in [4.78, 5) is 16.3. The topological polar surface area (TPSA) is 56.3 Å². The molecule has 4 nitrogen and oxygen atoms in total. The van der Waals surface area contributed by atoms with Crippen LogP contribution in [0.25, 0.3) is 0 Å². The second kappa shape index (κ2) is 6.63. The van der Waals surface area contributed by atoms with Crippen molar-refractivity contribution in [3.63, 3.8) is 0 Å². The van der Waals surface area contributed by atoms with Crippen LogP contribution in [0.1, 0.15) is 27.2 Å². The normalized spacial score (nSPS) is 12.0. The summed E-state index contributed by atoms with van der Waals surface area (Å²) < 4.78 is 17.0. The van der Waals surface area contributed by atoms with E-state index in [1.165, 1.54) is 13.3 Å². The number of esters is 1. The van der Waals surface area contributed by atoms with Crippen LogP contribution >= 0.6 is 0 Å². The molecule has 0 fully saturated rings. The van der Waals surface area contributed by atoms with Gasteiger partial charge >= 0.3 is 5.97 Å². The monoisotopic (exact) mass is 303 g/mol. The number of benzene rings is 1. The number of aryl methyl sites for hydroxylation is 2. The van der Waals surface area contributed by atoms with E-state index in [-0.39, 0.29) is 0 Å². The first-order valence-corrected chi connectivity index (χ1v) is 7.82. The summed E-state index contributed by atoms with van der Waals surface area (Å²) in [6, 6.07) is 9.19. The van der Waals surface area contributed by atoms with E-state index in [0.29, 0.717) is 17.0 Å². The van der Waals surface area contributed by atoms with Gasteiger partial charge in [0.1, 0.15) is 0 Å². The van der Waals surface area contributed by atoms with E-state index in [2.05, 4.69) is 9.72 Å². The first-order chi connectivity index (χ1) is 10.0. The van der Waals surface area contributed by atoms with Crippen LogP contribution in [0, 0.1) is 13.8 Å². The molecule has 0 spiro atoms.